The first kappa shape index (κ1) is 26.1. The molecule has 8 nitrogen and oxygen atoms in total. The van der Waals surface area contributed by atoms with Crippen LogP contribution in [0.2, 0.25) is 0 Å². The lowest BCUT2D eigenvalue weighted by Crippen LogP contribution is -2.61. The summed E-state index contributed by atoms with van der Waals surface area (Å²) in [6, 6.07) is 0.662. The third-order valence-electron chi connectivity index (χ3n) is 6.91. The molecule has 188 valence electrons. The summed E-state index contributed by atoms with van der Waals surface area (Å²) in [6.07, 6.45) is 7.36. The number of nitrogens with zero attached hydrogens (tertiary/aromatic N) is 6. The van der Waals surface area contributed by atoms with Crippen molar-refractivity contribution in [1.29, 1.82) is 0 Å². The maximum Gasteiger partial charge on any atom is 0.230 e. The van der Waals surface area contributed by atoms with E-state index < -0.39 is 0 Å². The third kappa shape index (κ3) is 8.04. The van der Waals surface area contributed by atoms with E-state index in [0.717, 1.165) is 57.0 Å². The molecular formula is C25H47N7O. The first-order chi connectivity index (χ1) is 15.5. The Morgan fingerprint density at radius 1 is 0.909 bits per heavy atom. The molecule has 8 heteroatoms. The van der Waals surface area contributed by atoms with Gasteiger partial charge in [0, 0.05) is 43.8 Å². The smallest absolute Gasteiger partial charge is 0.230 e. The molecule has 0 bridgehead atoms. The summed E-state index contributed by atoms with van der Waals surface area (Å²) >= 11 is 0. The minimum absolute atomic E-state index is 0.209. The lowest BCUT2D eigenvalue weighted by atomic mass is 9.79. The number of aromatic nitrogens is 3. The monoisotopic (exact) mass is 461 g/mol. The van der Waals surface area contributed by atoms with Crippen molar-refractivity contribution in [2.24, 2.45) is 0 Å². The van der Waals surface area contributed by atoms with Gasteiger partial charge in [0.2, 0.25) is 11.9 Å². The van der Waals surface area contributed by atoms with Gasteiger partial charge in [0.25, 0.3) is 0 Å². The van der Waals surface area contributed by atoms with Crippen molar-refractivity contribution >= 4 is 11.9 Å². The van der Waals surface area contributed by atoms with Crippen LogP contribution in [0.4, 0.5) is 11.9 Å². The van der Waals surface area contributed by atoms with Gasteiger partial charge in [0.15, 0.2) is 0 Å². The van der Waals surface area contributed by atoms with Gasteiger partial charge in [-0.2, -0.15) is 15.0 Å². The number of morpholine rings is 1. The van der Waals surface area contributed by atoms with E-state index in [2.05, 4.69) is 71.8 Å². The van der Waals surface area contributed by atoms with E-state index in [1.54, 1.807) is 0 Å². The van der Waals surface area contributed by atoms with E-state index in [4.69, 9.17) is 9.72 Å². The average molecular weight is 462 g/mol. The summed E-state index contributed by atoms with van der Waals surface area (Å²) in [6.45, 7) is 16.6. The van der Waals surface area contributed by atoms with Gasteiger partial charge in [-0.3, -0.25) is 0 Å². The fraction of sp³-hybridized carbons (Fsp3) is 0.880. The Kier molecular flexibility index (Phi) is 8.92. The first-order valence-corrected chi connectivity index (χ1v) is 12.8. The number of ether oxygens (including phenoxy) is 1. The second kappa shape index (κ2) is 11.3. The Labute approximate surface area is 201 Å². The van der Waals surface area contributed by atoms with Gasteiger partial charge in [-0.25, -0.2) is 0 Å². The van der Waals surface area contributed by atoms with Crippen molar-refractivity contribution in [3.05, 3.63) is 5.82 Å². The average Bonchev–Trinajstić information content (AvgIpc) is 2.73. The fourth-order valence-electron chi connectivity index (χ4n) is 5.46. The SMILES string of the molecule is Cc1nc(N(C)CCCCCCN(C)C2CC(C)(C)NC(C)(C)C2)nc(N2CCOCC2)n1. The van der Waals surface area contributed by atoms with Crippen LogP contribution in [0.25, 0.3) is 0 Å². The summed E-state index contributed by atoms with van der Waals surface area (Å²) in [5.74, 6) is 2.33. The van der Waals surface area contributed by atoms with Gasteiger partial charge < -0.3 is 24.8 Å². The Balaban J connectivity index is 1.37. The summed E-state index contributed by atoms with van der Waals surface area (Å²) in [5, 5.41) is 3.80. The normalized spacial score (nSPS) is 20.9. The number of rotatable bonds is 10. The van der Waals surface area contributed by atoms with Crippen molar-refractivity contribution in [1.82, 2.24) is 25.2 Å². The molecule has 0 unspecified atom stereocenters. The molecule has 2 aliphatic heterocycles. The quantitative estimate of drug-likeness (QED) is 0.533. The molecule has 0 spiro atoms. The van der Waals surface area contributed by atoms with Crippen molar-refractivity contribution in [3.8, 4) is 0 Å². The molecule has 0 radical (unpaired) electrons. The molecular weight excluding hydrogens is 414 g/mol. The molecule has 2 saturated heterocycles. The molecule has 3 heterocycles. The molecule has 0 saturated carbocycles. The summed E-state index contributed by atoms with van der Waals surface area (Å²) in [4.78, 5) is 20.8. The summed E-state index contributed by atoms with van der Waals surface area (Å²) in [7, 11) is 4.40. The highest BCUT2D eigenvalue weighted by molar-refractivity contribution is 5.38. The number of hydrogen-bond donors (Lipinski definition) is 1. The predicted octanol–water partition coefficient (Wildman–Crippen LogP) is 3.25. The molecule has 3 rings (SSSR count). The highest BCUT2D eigenvalue weighted by atomic mass is 16.5. The largest absolute Gasteiger partial charge is 0.378 e. The Morgan fingerprint density at radius 2 is 1.52 bits per heavy atom. The Hall–Kier alpha value is -1.51. The van der Waals surface area contributed by atoms with Gasteiger partial charge in [0.1, 0.15) is 5.82 Å². The van der Waals surface area contributed by atoms with Gasteiger partial charge in [-0.15, -0.1) is 0 Å². The van der Waals surface area contributed by atoms with Crippen LogP contribution in [-0.4, -0.2) is 90.5 Å². The van der Waals surface area contributed by atoms with Gasteiger partial charge in [-0.1, -0.05) is 12.8 Å². The van der Waals surface area contributed by atoms with E-state index >= 15 is 0 Å². The molecule has 33 heavy (non-hydrogen) atoms. The van der Waals surface area contributed by atoms with E-state index in [0.29, 0.717) is 6.04 Å². The highest BCUT2D eigenvalue weighted by Crippen LogP contribution is 2.31. The fourth-order valence-corrected chi connectivity index (χ4v) is 5.46. The molecule has 0 aromatic carbocycles. The first-order valence-electron chi connectivity index (χ1n) is 12.8. The van der Waals surface area contributed by atoms with Crippen molar-refractivity contribution in [2.45, 2.75) is 90.3 Å². The zero-order chi connectivity index (χ0) is 24.1. The standard InChI is InChI=1S/C25H47N7O/c1-20-26-22(28-23(27-20)32-14-16-33-17-15-32)31(7)13-11-9-8-10-12-30(6)21-18-24(2,3)29-25(4,5)19-21/h21,29H,8-19H2,1-7H3. The molecule has 1 N–H and O–H groups in total. The van der Waals surface area contributed by atoms with E-state index in [9.17, 15) is 0 Å². The molecule has 2 fully saturated rings. The molecule has 1 aromatic heterocycles. The zero-order valence-corrected chi connectivity index (χ0v) is 22.2. The maximum absolute atomic E-state index is 5.45. The van der Waals surface area contributed by atoms with Crippen LogP contribution in [0.3, 0.4) is 0 Å². The summed E-state index contributed by atoms with van der Waals surface area (Å²) < 4.78 is 5.45. The zero-order valence-electron chi connectivity index (χ0n) is 22.2. The van der Waals surface area contributed by atoms with Crippen LogP contribution in [0.5, 0.6) is 0 Å². The van der Waals surface area contributed by atoms with Gasteiger partial charge in [0.05, 0.1) is 13.2 Å². The maximum atomic E-state index is 5.45. The summed E-state index contributed by atoms with van der Waals surface area (Å²) in [5.41, 5.74) is 0.417. The third-order valence-corrected chi connectivity index (χ3v) is 6.91. The van der Waals surface area contributed by atoms with Crippen molar-refractivity contribution in [3.63, 3.8) is 0 Å². The Bertz CT molecular complexity index is 732. The molecule has 0 amide bonds. The number of piperidine rings is 1. The van der Waals surface area contributed by atoms with Crippen LogP contribution in [0.15, 0.2) is 0 Å². The van der Waals surface area contributed by atoms with Gasteiger partial charge in [-0.05, 0) is 73.9 Å². The lowest BCUT2D eigenvalue weighted by Gasteiger charge is -2.49. The number of unbranched alkanes of at least 4 members (excludes halogenated alkanes) is 3. The van der Waals surface area contributed by atoms with Crippen molar-refractivity contribution < 1.29 is 4.74 Å². The minimum atomic E-state index is 0.209. The van der Waals surface area contributed by atoms with Crippen molar-refractivity contribution in [2.75, 3.05) is 63.3 Å². The second-order valence-electron chi connectivity index (χ2n) is 11.4. The Morgan fingerprint density at radius 3 is 2.15 bits per heavy atom. The highest BCUT2D eigenvalue weighted by Gasteiger charge is 2.38. The van der Waals surface area contributed by atoms with Crippen LogP contribution in [0.1, 0.15) is 72.0 Å². The molecule has 0 atom stereocenters. The van der Waals surface area contributed by atoms with Crippen LogP contribution in [-0.2, 0) is 4.74 Å². The number of anilines is 2. The number of nitrogens with one attached hydrogen (secondary N) is 1. The number of aryl methyl sites for hydroxylation is 1. The molecule has 0 aliphatic carbocycles. The van der Waals surface area contributed by atoms with Crippen LogP contribution in [0, 0.1) is 6.92 Å². The minimum Gasteiger partial charge on any atom is -0.378 e. The van der Waals surface area contributed by atoms with E-state index in [-0.39, 0.29) is 11.1 Å². The van der Waals surface area contributed by atoms with Crippen LogP contribution >= 0.6 is 0 Å². The van der Waals surface area contributed by atoms with Gasteiger partial charge >= 0.3 is 0 Å². The predicted molar refractivity (Wildman–Crippen MR) is 136 cm³/mol. The topological polar surface area (TPSA) is 69.7 Å². The number of hydrogen-bond acceptors (Lipinski definition) is 8. The van der Waals surface area contributed by atoms with Crippen LogP contribution < -0.4 is 15.1 Å². The second-order valence-corrected chi connectivity index (χ2v) is 11.4. The molecule has 1 aromatic rings. The molecule has 2 aliphatic rings. The van der Waals surface area contributed by atoms with E-state index in [1.165, 1.54) is 38.6 Å². The van der Waals surface area contributed by atoms with E-state index in [1.807, 2.05) is 6.92 Å². The lowest BCUT2D eigenvalue weighted by molar-refractivity contribution is 0.0806.